The minimum Gasteiger partial charge on any atom is -0.468 e. The van der Waals surface area contributed by atoms with E-state index < -0.39 is 78.9 Å². The van der Waals surface area contributed by atoms with Crippen LogP contribution >= 0.6 is 0 Å². The smallest absolute Gasteiger partial charge is 0.407 e. The summed E-state index contributed by atoms with van der Waals surface area (Å²) in [5, 5.41) is 14.9. The molecular formula is C41H40N10O9. The lowest BCUT2D eigenvalue weighted by atomic mass is 9.88. The van der Waals surface area contributed by atoms with E-state index in [0.717, 1.165) is 12.7 Å². The molecular weight excluding hydrogens is 777 g/mol. The van der Waals surface area contributed by atoms with Gasteiger partial charge in [-0.15, -0.1) is 0 Å². The van der Waals surface area contributed by atoms with E-state index in [1.807, 2.05) is 6.07 Å². The molecule has 60 heavy (non-hydrogen) atoms. The van der Waals surface area contributed by atoms with Gasteiger partial charge in [-0.2, -0.15) is 0 Å². The van der Waals surface area contributed by atoms with E-state index >= 15 is 0 Å². The van der Waals surface area contributed by atoms with Crippen molar-refractivity contribution in [1.29, 1.82) is 0 Å². The molecule has 0 unspecified atom stereocenters. The largest absolute Gasteiger partial charge is 0.468 e. The summed E-state index contributed by atoms with van der Waals surface area (Å²) in [7, 11) is 1.14. The molecule has 5 rings (SSSR count). The Morgan fingerprint density at radius 3 is 1.30 bits per heavy atom. The maximum atomic E-state index is 14.3. The van der Waals surface area contributed by atoms with Crippen molar-refractivity contribution in [3.05, 3.63) is 156 Å². The van der Waals surface area contributed by atoms with Crippen molar-refractivity contribution in [2.45, 2.75) is 17.7 Å². The van der Waals surface area contributed by atoms with Gasteiger partial charge in [-0.25, -0.2) is 4.79 Å². The Bertz CT molecular complexity index is 2180. The number of amides is 6. The molecule has 0 saturated carbocycles. The third kappa shape index (κ3) is 10.8. The number of nitrogens with one attached hydrogen (secondary N) is 6. The topological polar surface area (TPSA) is 262 Å². The van der Waals surface area contributed by atoms with Gasteiger partial charge in [0.15, 0.2) is 0 Å². The molecule has 0 radical (unpaired) electrons. The predicted octanol–water partition coefficient (Wildman–Crippen LogP) is 0.134. The van der Waals surface area contributed by atoms with Crippen LogP contribution in [0.5, 0.6) is 0 Å². The van der Waals surface area contributed by atoms with Crippen molar-refractivity contribution in [2.75, 3.05) is 33.3 Å². The number of carbonyl (C=O) groups excluding carboxylic acids is 7. The number of carbonyl (C=O) groups is 7. The molecule has 0 spiro atoms. The summed E-state index contributed by atoms with van der Waals surface area (Å²) in [6.07, 6.45) is 4.69. The van der Waals surface area contributed by atoms with Crippen molar-refractivity contribution in [3.63, 3.8) is 0 Å². The molecule has 6 amide bonds. The van der Waals surface area contributed by atoms with Crippen LogP contribution in [0.25, 0.3) is 0 Å². The van der Waals surface area contributed by atoms with Gasteiger partial charge in [-0.05, 0) is 54.1 Å². The van der Waals surface area contributed by atoms with Gasteiger partial charge in [-0.1, -0.05) is 54.6 Å². The number of esters is 1. The summed E-state index contributed by atoms with van der Waals surface area (Å²) in [4.78, 5) is 110. The van der Waals surface area contributed by atoms with E-state index in [1.54, 1.807) is 72.8 Å². The third-order valence-corrected chi connectivity index (χ3v) is 8.61. The summed E-state index contributed by atoms with van der Waals surface area (Å²) >= 11 is 0. The number of aromatic nitrogens is 4. The Morgan fingerprint density at radius 2 is 0.883 bits per heavy atom. The highest BCUT2D eigenvalue weighted by atomic mass is 16.5. The Labute approximate surface area is 343 Å². The second-order valence-corrected chi connectivity index (χ2v) is 12.6. The number of methoxy groups -OCH3 is 1. The first-order chi connectivity index (χ1) is 29.1. The number of rotatable bonds is 18. The van der Waals surface area contributed by atoms with E-state index in [0.29, 0.717) is 0 Å². The van der Waals surface area contributed by atoms with E-state index in [2.05, 4.69) is 56.6 Å². The Balaban J connectivity index is 1.30. The summed E-state index contributed by atoms with van der Waals surface area (Å²) < 4.78 is 9.83. The fourth-order valence-electron chi connectivity index (χ4n) is 5.76. The molecule has 0 bridgehead atoms. The van der Waals surface area contributed by atoms with Crippen LogP contribution in [0.4, 0.5) is 4.79 Å². The molecule has 19 heteroatoms. The molecule has 4 aromatic heterocycles. The standard InChI is InChI=1S/C41H40N10O9/c1-59-36(55)26-48-38(57)41(31-17-7-11-21-44-31,32-18-8-12-22-45-32)50-34(53)24-46-33(52)23-47-37(56)40(29-15-5-9-19-42-29,30-16-6-10-20-43-30)51-35(54)25-49-39(58)60-27-28-13-3-2-4-14-28/h2-22H,23-27H2,1H3,(H,46,52)(H,47,56)(H,48,57)(H,49,58)(H,50,53)(H,51,54). The first-order valence-electron chi connectivity index (χ1n) is 18.2. The van der Waals surface area contributed by atoms with Crippen LogP contribution in [0.1, 0.15) is 28.3 Å². The van der Waals surface area contributed by atoms with Gasteiger partial charge < -0.3 is 41.4 Å². The van der Waals surface area contributed by atoms with E-state index in [4.69, 9.17) is 4.74 Å². The highest BCUT2D eigenvalue weighted by molar-refractivity contribution is 5.99. The van der Waals surface area contributed by atoms with Gasteiger partial charge in [0.2, 0.25) is 28.8 Å². The van der Waals surface area contributed by atoms with Crippen LogP contribution in [-0.2, 0) is 55.9 Å². The number of nitrogens with zero attached hydrogens (tertiary/aromatic N) is 4. The number of hydrogen-bond donors (Lipinski definition) is 6. The SMILES string of the molecule is COC(=O)CNC(=O)C(NC(=O)CNC(=O)CNC(=O)C(NC(=O)CNC(=O)OCc1ccccc1)(c1ccccn1)c1ccccn1)(c1ccccn1)c1ccccn1. The fourth-order valence-corrected chi connectivity index (χ4v) is 5.76. The zero-order chi connectivity index (χ0) is 42.8. The lowest BCUT2D eigenvalue weighted by Gasteiger charge is -2.32. The van der Waals surface area contributed by atoms with Crippen molar-refractivity contribution >= 4 is 41.6 Å². The van der Waals surface area contributed by atoms with Crippen LogP contribution in [0, 0.1) is 0 Å². The third-order valence-electron chi connectivity index (χ3n) is 8.61. The molecule has 19 nitrogen and oxygen atoms in total. The maximum absolute atomic E-state index is 14.3. The highest BCUT2D eigenvalue weighted by Gasteiger charge is 2.48. The number of alkyl carbamates (subject to hydrolysis) is 1. The number of pyridine rings is 4. The van der Waals surface area contributed by atoms with Crippen LogP contribution in [0.2, 0.25) is 0 Å². The molecule has 6 N–H and O–H groups in total. The van der Waals surface area contributed by atoms with Gasteiger partial charge in [0.05, 0.1) is 43.0 Å². The molecule has 1 aromatic carbocycles. The summed E-state index contributed by atoms with van der Waals surface area (Å²) in [5.41, 5.74) is -3.36. The molecule has 0 saturated heterocycles. The second kappa shape index (κ2) is 20.9. The van der Waals surface area contributed by atoms with Gasteiger partial charge >= 0.3 is 12.1 Å². The summed E-state index contributed by atoms with van der Waals surface area (Å²) in [6.45, 7) is -2.61. The summed E-state index contributed by atoms with van der Waals surface area (Å²) in [6, 6.07) is 27.5. The monoisotopic (exact) mass is 816 g/mol. The molecule has 0 aliphatic carbocycles. The van der Waals surface area contributed by atoms with Crippen LogP contribution in [0.15, 0.2) is 128 Å². The van der Waals surface area contributed by atoms with E-state index in [9.17, 15) is 33.6 Å². The highest BCUT2D eigenvalue weighted by Crippen LogP contribution is 2.29. The predicted molar refractivity (Wildman–Crippen MR) is 210 cm³/mol. The van der Waals surface area contributed by atoms with Crippen LogP contribution in [-0.4, -0.2) is 94.8 Å². The van der Waals surface area contributed by atoms with Crippen molar-refractivity contribution in [1.82, 2.24) is 51.8 Å². The second-order valence-electron chi connectivity index (χ2n) is 12.6. The van der Waals surface area contributed by atoms with E-state index in [1.165, 1.54) is 49.1 Å². The number of hydrogen-bond acceptors (Lipinski definition) is 13. The first-order valence-corrected chi connectivity index (χ1v) is 18.2. The lowest BCUT2D eigenvalue weighted by molar-refractivity contribution is -0.142. The summed E-state index contributed by atoms with van der Waals surface area (Å²) in [5.74, 6) is -5.13. The van der Waals surface area contributed by atoms with Gasteiger partial charge in [0.25, 0.3) is 11.8 Å². The molecule has 5 aromatic rings. The van der Waals surface area contributed by atoms with Crippen LogP contribution < -0.4 is 31.9 Å². The average Bonchev–Trinajstić information content (AvgIpc) is 3.30. The van der Waals surface area contributed by atoms with Crippen LogP contribution in [0.3, 0.4) is 0 Å². The zero-order valence-corrected chi connectivity index (χ0v) is 32.1. The molecule has 308 valence electrons. The first kappa shape index (κ1) is 43.0. The fraction of sp³-hybridized carbons (Fsp3) is 0.195. The minimum atomic E-state index is -2.13. The van der Waals surface area contributed by atoms with Gasteiger partial charge in [-0.3, -0.25) is 48.7 Å². The minimum absolute atomic E-state index is 0.0202. The molecule has 0 fully saturated rings. The molecule has 0 atom stereocenters. The average molecular weight is 817 g/mol. The van der Waals surface area contributed by atoms with Crippen molar-refractivity contribution < 1.29 is 43.0 Å². The molecule has 0 aliphatic heterocycles. The number of ether oxygens (including phenoxy) is 2. The molecule has 4 heterocycles. The normalized spacial score (nSPS) is 10.9. The molecule has 0 aliphatic rings. The van der Waals surface area contributed by atoms with E-state index in [-0.39, 0.29) is 29.4 Å². The quantitative estimate of drug-likeness (QED) is 0.0644. The van der Waals surface area contributed by atoms with Crippen molar-refractivity contribution in [3.8, 4) is 0 Å². The van der Waals surface area contributed by atoms with Gasteiger partial charge in [0.1, 0.15) is 19.7 Å². The maximum Gasteiger partial charge on any atom is 0.407 e. The number of benzene rings is 1. The Morgan fingerprint density at radius 1 is 0.483 bits per heavy atom. The Kier molecular flexibility index (Phi) is 15.0. The van der Waals surface area contributed by atoms with Crippen molar-refractivity contribution in [2.24, 2.45) is 0 Å². The zero-order valence-electron chi connectivity index (χ0n) is 32.1. The Hall–Kier alpha value is -8.09. The lowest BCUT2D eigenvalue weighted by Crippen LogP contribution is -2.61. The van der Waals surface area contributed by atoms with Gasteiger partial charge in [0, 0.05) is 24.8 Å².